The summed E-state index contributed by atoms with van der Waals surface area (Å²) in [7, 11) is 1.72. The summed E-state index contributed by atoms with van der Waals surface area (Å²) in [6.07, 6.45) is 2.04. The summed E-state index contributed by atoms with van der Waals surface area (Å²) in [5, 5.41) is 13.6. The second kappa shape index (κ2) is 6.83. The van der Waals surface area contributed by atoms with Gasteiger partial charge >= 0.3 is 0 Å². The maximum Gasteiger partial charge on any atom is 0.275 e. The molecule has 5 heteroatoms. The Morgan fingerprint density at radius 3 is 2.67 bits per heavy atom. The van der Waals surface area contributed by atoms with Crippen LogP contribution in [0.15, 0.2) is 18.2 Å². The van der Waals surface area contributed by atoms with Gasteiger partial charge in [0.05, 0.1) is 17.6 Å². The average molecular weight is 252 g/mol. The highest BCUT2D eigenvalue weighted by molar-refractivity contribution is 5.55. The van der Waals surface area contributed by atoms with E-state index >= 15 is 0 Å². The van der Waals surface area contributed by atoms with Crippen molar-refractivity contribution in [1.29, 1.82) is 0 Å². The van der Waals surface area contributed by atoms with Gasteiger partial charge in [0.15, 0.2) is 0 Å². The lowest BCUT2D eigenvalue weighted by molar-refractivity contribution is -0.384. The zero-order valence-corrected chi connectivity index (χ0v) is 11.1. The summed E-state index contributed by atoms with van der Waals surface area (Å²) in [4.78, 5) is 10.3. The average Bonchev–Trinajstić information content (AvgIpc) is 2.34. The molecule has 0 unspecified atom stereocenters. The van der Waals surface area contributed by atoms with Crippen molar-refractivity contribution in [2.75, 3.05) is 19.0 Å². The van der Waals surface area contributed by atoms with E-state index in [0.717, 1.165) is 12.8 Å². The van der Waals surface area contributed by atoms with E-state index < -0.39 is 4.92 Å². The van der Waals surface area contributed by atoms with Crippen LogP contribution in [0.2, 0.25) is 0 Å². The molecular formula is C13H20N2O3. The van der Waals surface area contributed by atoms with E-state index in [-0.39, 0.29) is 5.69 Å². The van der Waals surface area contributed by atoms with Gasteiger partial charge in [0.25, 0.3) is 5.69 Å². The van der Waals surface area contributed by atoms with E-state index in [2.05, 4.69) is 19.2 Å². The van der Waals surface area contributed by atoms with Gasteiger partial charge < -0.3 is 10.1 Å². The second-order valence-corrected chi connectivity index (χ2v) is 4.61. The molecule has 1 rings (SSSR count). The third kappa shape index (κ3) is 4.61. The molecule has 0 heterocycles. The lowest BCUT2D eigenvalue weighted by Crippen LogP contribution is -2.01. The van der Waals surface area contributed by atoms with Crippen molar-refractivity contribution in [2.45, 2.75) is 26.7 Å². The van der Waals surface area contributed by atoms with Crippen LogP contribution in [0.1, 0.15) is 26.7 Å². The fourth-order valence-corrected chi connectivity index (χ4v) is 1.60. The van der Waals surface area contributed by atoms with Crippen LogP contribution in [-0.4, -0.2) is 18.6 Å². The molecule has 0 aliphatic carbocycles. The molecule has 0 amide bonds. The summed E-state index contributed by atoms with van der Waals surface area (Å²) in [5.74, 6) is 1.18. The molecule has 5 nitrogen and oxygen atoms in total. The molecule has 0 atom stereocenters. The first-order valence-corrected chi connectivity index (χ1v) is 6.13. The van der Waals surface area contributed by atoms with E-state index in [1.807, 2.05) is 0 Å². The first-order chi connectivity index (χ1) is 8.52. The molecule has 0 aliphatic rings. The Balaban J connectivity index is 2.64. The van der Waals surface area contributed by atoms with E-state index in [0.29, 0.717) is 24.0 Å². The number of nitrogens with one attached hydrogen (secondary N) is 1. The topological polar surface area (TPSA) is 64.4 Å². The molecule has 0 saturated carbocycles. The number of non-ortho nitro benzene ring substituents is 1. The first kappa shape index (κ1) is 14.3. The predicted molar refractivity (Wildman–Crippen MR) is 72.2 cm³/mol. The van der Waals surface area contributed by atoms with Gasteiger partial charge in [0.2, 0.25) is 0 Å². The predicted octanol–water partition coefficient (Wildman–Crippen LogP) is 3.45. The van der Waals surface area contributed by atoms with Crippen molar-refractivity contribution < 1.29 is 9.66 Å². The number of ether oxygens (including phenoxy) is 1. The summed E-state index contributed by atoms with van der Waals surface area (Å²) >= 11 is 0. The van der Waals surface area contributed by atoms with E-state index in [4.69, 9.17) is 4.74 Å². The Hall–Kier alpha value is -1.78. The van der Waals surface area contributed by atoms with Crippen molar-refractivity contribution in [3.63, 3.8) is 0 Å². The molecule has 18 heavy (non-hydrogen) atoms. The van der Waals surface area contributed by atoms with Crippen LogP contribution in [0.3, 0.4) is 0 Å². The number of nitro benzene ring substituents is 1. The van der Waals surface area contributed by atoms with Gasteiger partial charge in [-0.1, -0.05) is 13.8 Å². The number of hydrogen-bond donors (Lipinski definition) is 1. The van der Waals surface area contributed by atoms with Crippen LogP contribution >= 0.6 is 0 Å². The molecule has 0 saturated heterocycles. The van der Waals surface area contributed by atoms with E-state index in [9.17, 15) is 10.1 Å². The minimum absolute atomic E-state index is 0.0423. The molecule has 1 aromatic rings. The van der Waals surface area contributed by atoms with Gasteiger partial charge in [-0.3, -0.25) is 10.1 Å². The molecule has 100 valence electrons. The van der Waals surface area contributed by atoms with Crippen LogP contribution in [0.25, 0.3) is 0 Å². The second-order valence-electron chi connectivity index (χ2n) is 4.61. The fraction of sp³-hybridized carbons (Fsp3) is 0.538. The van der Waals surface area contributed by atoms with Crippen LogP contribution in [0, 0.1) is 16.0 Å². The molecular weight excluding hydrogens is 232 g/mol. The quantitative estimate of drug-likeness (QED) is 0.458. The van der Waals surface area contributed by atoms with Crippen molar-refractivity contribution in [1.82, 2.24) is 0 Å². The van der Waals surface area contributed by atoms with Crippen LogP contribution in [0.5, 0.6) is 5.75 Å². The first-order valence-electron chi connectivity index (χ1n) is 6.13. The Morgan fingerprint density at radius 1 is 1.39 bits per heavy atom. The number of rotatable bonds is 7. The highest BCUT2D eigenvalue weighted by Gasteiger charge is 2.10. The Kier molecular flexibility index (Phi) is 5.42. The maximum atomic E-state index is 10.8. The van der Waals surface area contributed by atoms with Crippen LogP contribution in [-0.2, 0) is 0 Å². The lowest BCUT2D eigenvalue weighted by Gasteiger charge is -2.09. The van der Waals surface area contributed by atoms with Crippen molar-refractivity contribution in [2.24, 2.45) is 5.92 Å². The monoisotopic (exact) mass is 252 g/mol. The smallest absolute Gasteiger partial charge is 0.275 e. The van der Waals surface area contributed by atoms with Crippen LogP contribution in [0.4, 0.5) is 11.4 Å². The maximum absolute atomic E-state index is 10.8. The third-order valence-corrected chi connectivity index (χ3v) is 2.59. The summed E-state index contributed by atoms with van der Waals surface area (Å²) in [5.41, 5.74) is 0.726. The molecule has 0 spiro atoms. The molecule has 0 bridgehead atoms. The number of benzene rings is 1. The van der Waals surface area contributed by atoms with Gasteiger partial charge in [0.1, 0.15) is 5.75 Å². The molecule has 0 fully saturated rings. The number of anilines is 1. The normalized spacial score (nSPS) is 10.4. The summed E-state index contributed by atoms with van der Waals surface area (Å²) in [6.45, 7) is 4.90. The zero-order valence-electron chi connectivity index (χ0n) is 11.1. The van der Waals surface area contributed by atoms with Crippen LogP contribution < -0.4 is 10.1 Å². The highest BCUT2D eigenvalue weighted by atomic mass is 16.6. The number of nitro groups is 1. The van der Waals surface area contributed by atoms with E-state index in [1.165, 1.54) is 12.1 Å². The standard InChI is InChI=1S/C13H20N2O3/c1-10(2)5-4-6-18-13-8-11(14-3)7-12(9-13)15(16)17/h7-10,14H,4-6H2,1-3H3. The molecule has 1 N–H and O–H groups in total. The minimum atomic E-state index is -0.415. The Bertz CT molecular complexity index is 405. The van der Waals surface area contributed by atoms with Crippen molar-refractivity contribution in [3.8, 4) is 5.75 Å². The van der Waals surface area contributed by atoms with Gasteiger partial charge in [-0.25, -0.2) is 0 Å². The Morgan fingerprint density at radius 2 is 2.11 bits per heavy atom. The molecule has 0 aromatic heterocycles. The fourth-order valence-electron chi connectivity index (χ4n) is 1.60. The van der Waals surface area contributed by atoms with Crippen molar-refractivity contribution >= 4 is 11.4 Å². The van der Waals surface area contributed by atoms with Gasteiger partial charge in [-0.05, 0) is 18.8 Å². The van der Waals surface area contributed by atoms with Gasteiger partial charge in [0, 0.05) is 24.9 Å². The summed E-state index contributed by atoms with van der Waals surface area (Å²) in [6, 6.07) is 4.71. The Labute approximate surface area is 107 Å². The zero-order chi connectivity index (χ0) is 13.5. The molecule has 1 aromatic carbocycles. The SMILES string of the molecule is CNc1cc(OCCCC(C)C)cc([N+](=O)[O-])c1. The minimum Gasteiger partial charge on any atom is -0.493 e. The highest BCUT2D eigenvalue weighted by Crippen LogP contribution is 2.25. The largest absolute Gasteiger partial charge is 0.493 e. The number of hydrogen-bond acceptors (Lipinski definition) is 4. The van der Waals surface area contributed by atoms with Crippen molar-refractivity contribution in [3.05, 3.63) is 28.3 Å². The third-order valence-electron chi connectivity index (χ3n) is 2.59. The van der Waals surface area contributed by atoms with Gasteiger partial charge in [-0.2, -0.15) is 0 Å². The van der Waals surface area contributed by atoms with E-state index in [1.54, 1.807) is 13.1 Å². The molecule has 0 aliphatic heterocycles. The number of nitrogens with zero attached hydrogens (tertiary/aromatic N) is 1. The molecule has 0 radical (unpaired) electrons. The lowest BCUT2D eigenvalue weighted by atomic mass is 10.1. The van der Waals surface area contributed by atoms with Gasteiger partial charge in [-0.15, -0.1) is 0 Å². The summed E-state index contributed by atoms with van der Waals surface area (Å²) < 4.78 is 5.55.